The Hall–Kier alpha value is -2.63. The molecule has 0 spiro atoms. The molecule has 1 saturated carbocycles. The summed E-state index contributed by atoms with van der Waals surface area (Å²) in [6.45, 7) is 1.45. The first-order valence-corrected chi connectivity index (χ1v) is 8.24. The third-order valence-corrected chi connectivity index (χ3v) is 4.48. The van der Waals surface area contributed by atoms with E-state index in [1.807, 2.05) is 35.0 Å². The van der Waals surface area contributed by atoms with Crippen molar-refractivity contribution in [3.8, 4) is 11.3 Å². The number of carboxylic acids is 1. The van der Waals surface area contributed by atoms with Crippen molar-refractivity contribution in [1.29, 1.82) is 0 Å². The van der Waals surface area contributed by atoms with E-state index in [-0.39, 0.29) is 0 Å². The maximum Gasteiger partial charge on any atom is 0.325 e. The normalized spacial score (nSPS) is 16.0. The molecule has 1 aromatic carbocycles. The number of aromatic nitrogens is 2. The number of hydrogen-bond donors (Lipinski definition) is 2. The van der Waals surface area contributed by atoms with E-state index in [4.69, 9.17) is 5.11 Å². The predicted molar refractivity (Wildman–Crippen MR) is 89.7 cm³/mol. The average Bonchev–Trinajstić information content (AvgIpc) is 3.24. The van der Waals surface area contributed by atoms with Crippen LogP contribution < -0.4 is 5.32 Å². The lowest BCUT2D eigenvalue weighted by Gasteiger charge is -2.16. The zero-order chi connectivity index (χ0) is 17.1. The SMILES string of the molecule is C[C@H](NC(=O)c1cnn(C2CCCC2)c1-c1ccccc1)C(=O)O. The Labute approximate surface area is 140 Å². The lowest BCUT2D eigenvalue weighted by atomic mass is 10.1. The third-order valence-electron chi connectivity index (χ3n) is 4.48. The van der Waals surface area contributed by atoms with Gasteiger partial charge in [-0.3, -0.25) is 14.3 Å². The highest BCUT2D eigenvalue weighted by Gasteiger charge is 2.26. The minimum atomic E-state index is -1.06. The average molecular weight is 327 g/mol. The van der Waals surface area contributed by atoms with Crippen LogP contribution in [0.15, 0.2) is 36.5 Å². The molecule has 1 amide bonds. The first kappa shape index (κ1) is 16.2. The monoisotopic (exact) mass is 327 g/mol. The largest absolute Gasteiger partial charge is 0.480 e. The molecular formula is C18H21N3O3. The van der Waals surface area contributed by atoms with Gasteiger partial charge in [-0.25, -0.2) is 0 Å². The molecule has 2 aromatic rings. The molecular weight excluding hydrogens is 306 g/mol. The van der Waals surface area contributed by atoms with Crippen LogP contribution in [0.3, 0.4) is 0 Å². The van der Waals surface area contributed by atoms with Gasteiger partial charge in [0.05, 0.1) is 23.5 Å². The molecule has 1 heterocycles. The number of benzene rings is 1. The van der Waals surface area contributed by atoms with Crippen LogP contribution in [0.1, 0.15) is 49.0 Å². The van der Waals surface area contributed by atoms with Crippen LogP contribution in [0, 0.1) is 0 Å². The summed E-state index contributed by atoms with van der Waals surface area (Å²) in [5, 5.41) is 16.0. The van der Waals surface area contributed by atoms with E-state index < -0.39 is 17.9 Å². The van der Waals surface area contributed by atoms with Gasteiger partial charge < -0.3 is 10.4 Å². The van der Waals surface area contributed by atoms with E-state index >= 15 is 0 Å². The summed E-state index contributed by atoms with van der Waals surface area (Å²) >= 11 is 0. The van der Waals surface area contributed by atoms with Crippen LogP contribution in [-0.4, -0.2) is 32.8 Å². The first-order valence-electron chi connectivity index (χ1n) is 8.24. The lowest BCUT2D eigenvalue weighted by molar-refractivity contribution is -0.138. The van der Waals surface area contributed by atoms with Gasteiger partial charge >= 0.3 is 5.97 Å². The number of amides is 1. The number of hydrogen-bond acceptors (Lipinski definition) is 3. The Balaban J connectivity index is 2.00. The number of aliphatic carboxylic acids is 1. The standard InChI is InChI=1S/C18H21N3O3/c1-12(18(23)24)20-17(22)15-11-19-21(14-9-5-6-10-14)16(15)13-7-3-2-4-8-13/h2-4,7-8,11-12,14H,5-6,9-10H2,1H3,(H,20,22)(H,23,24)/t12-/m0/s1. The van der Waals surface area contributed by atoms with Crippen molar-refractivity contribution in [2.45, 2.75) is 44.7 Å². The number of rotatable bonds is 5. The highest BCUT2D eigenvalue weighted by Crippen LogP contribution is 2.34. The second-order valence-electron chi connectivity index (χ2n) is 6.19. The van der Waals surface area contributed by atoms with Gasteiger partial charge in [-0.1, -0.05) is 43.2 Å². The third kappa shape index (κ3) is 3.18. The van der Waals surface area contributed by atoms with Crippen LogP contribution >= 0.6 is 0 Å². The van der Waals surface area contributed by atoms with Crippen molar-refractivity contribution in [2.75, 3.05) is 0 Å². The molecule has 0 saturated heterocycles. The van der Waals surface area contributed by atoms with Crippen molar-refractivity contribution < 1.29 is 14.7 Å². The van der Waals surface area contributed by atoms with Crippen molar-refractivity contribution in [3.05, 3.63) is 42.1 Å². The molecule has 6 nitrogen and oxygen atoms in total. The van der Waals surface area contributed by atoms with Crippen LogP contribution in [-0.2, 0) is 4.79 Å². The number of nitrogens with zero attached hydrogens (tertiary/aromatic N) is 2. The topological polar surface area (TPSA) is 84.2 Å². The smallest absolute Gasteiger partial charge is 0.325 e. The van der Waals surface area contributed by atoms with Crippen LogP contribution in [0.25, 0.3) is 11.3 Å². The molecule has 3 rings (SSSR count). The minimum Gasteiger partial charge on any atom is -0.480 e. The molecule has 24 heavy (non-hydrogen) atoms. The predicted octanol–water partition coefficient (Wildman–Crippen LogP) is 2.87. The van der Waals surface area contributed by atoms with Crippen LogP contribution in [0.4, 0.5) is 0 Å². The van der Waals surface area contributed by atoms with Crippen molar-refractivity contribution in [2.24, 2.45) is 0 Å². The quantitative estimate of drug-likeness (QED) is 0.884. The van der Waals surface area contributed by atoms with Crippen molar-refractivity contribution in [1.82, 2.24) is 15.1 Å². The van der Waals surface area contributed by atoms with E-state index in [1.165, 1.54) is 6.92 Å². The molecule has 1 aliphatic rings. The number of carbonyl (C=O) groups is 2. The van der Waals surface area contributed by atoms with Gasteiger partial charge in [0.15, 0.2) is 0 Å². The maximum absolute atomic E-state index is 12.6. The van der Waals surface area contributed by atoms with E-state index in [1.54, 1.807) is 6.20 Å². The summed E-state index contributed by atoms with van der Waals surface area (Å²) < 4.78 is 1.93. The van der Waals surface area contributed by atoms with E-state index in [9.17, 15) is 9.59 Å². The zero-order valence-corrected chi connectivity index (χ0v) is 13.6. The summed E-state index contributed by atoms with van der Waals surface area (Å²) in [6, 6.07) is 8.99. The number of nitrogens with one attached hydrogen (secondary N) is 1. The fraction of sp³-hybridized carbons (Fsp3) is 0.389. The van der Waals surface area contributed by atoms with Gasteiger partial charge in [-0.15, -0.1) is 0 Å². The van der Waals surface area contributed by atoms with Crippen LogP contribution in [0.5, 0.6) is 0 Å². The highest BCUT2D eigenvalue weighted by atomic mass is 16.4. The minimum absolute atomic E-state index is 0.290. The van der Waals surface area contributed by atoms with Crippen molar-refractivity contribution in [3.63, 3.8) is 0 Å². The summed E-state index contributed by atoms with van der Waals surface area (Å²) in [5.41, 5.74) is 2.09. The first-order chi connectivity index (χ1) is 11.6. The molecule has 1 atom stereocenters. The van der Waals surface area contributed by atoms with Gasteiger partial charge in [-0.05, 0) is 19.8 Å². The summed E-state index contributed by atoms with van der Waals surface area (Å²) in [4.78, 5) is 23.6. The summed E-state index contributed by atoms with van der Waals surface area (Å²) in [5.74, 6) is -1.47. The van der Waals surface area contributed by atoms with Crippen LogP contribution in [0.2, 0.25) is 0 Å². The molecule has 126 valence electrons. The summed E-state index contributed by atoms with van der Waals surface area (Å²) in [7, 11) is 0. The van der Waals surface area contributed by atoms with E-state index in [0.717, 1.165) is 36.9 Å². The Morgan fingerprint density at radius 1 is 1.25 bits per heavy atom. The molecule has 0 unspecified atom stereocenters. The lowest BCUT2D eigenvalue weighted by Crippen LogP contribution is -2.38. The molecule has 0 bridgehead atoms. The molecule has 6 heteroatoms. The fourth-order valence-corrected chi connectivity index (χ4v) is 3.17. The second-order valence-corrected chi connectivity index (χ2v) is 6.19. The molecule has 1 fully saturated rings. The molecule has 1 aliphatic carbocycles. The fourth-order valence-electron chi connectivity index (χ4n) is 3.17. The second kappa shape index (κ2) is 6.86. The number of carbonyl (C=O) groups excluding carboxylic acids is 1. The molecule has 1 aromatic heterocycles. The summed E-state index contributed by atoms with van der Waals surface area (Å²) in [6.07, 6.45) is 5.97. The molecule has 0 radical (unpaired) electrons. The Morgan fingerprint density at radius 2 is 1.92 bits per heavy atom. The van der Waals surface area contributed by atoms with Gasteiger partial charge in [0.25, 0.3) is 5.91 Å². The van der Waals surface area contributed by atoms with Gasteiger partial charge in [-0.2, -0.15) is 5.10 Å². The maximum atomic E-state index is 12.6. The highest BCUT2D eigenvalue weighted by molar-refractivity contribution is 6.01. The van der Waals surface area contributed by atoms with Crippen molar-refractivity contribution >= 4 is 11.9 Å². The molecule has 0 aliphatic heterocycles. The van der Waals surface area contributed by atoms with E-state index in [0.29, 0.717) is 11.6 Å². The Kier molecular flexibility index (Phi) is 4.64. The molecule has 2 N–H and O–H groups in total. The van der Waals surface area contributed by atoms with E-state index in [2.05, 4.69) is 10.4 Å². The Bertz CT molecular complexity index is 733. The van der Waals surface area contributed by atoms with Gasteiger partial charge in [0, 0.05) is 5.56 Å². The van der Waals surface area contributed by atoms with Gasteiger partial charge in [0.1, 0.15) is 6.04 Å². The number of carboxylic acid groups (broad SMARTS) is 1. The Morgan fingerprint density at radius 3 is 2.54 bits per heavy atom. The zero-order valence-electron chi connectivity index (χ0n) is 13.6. The van der Waals surface area contributed by atoms with Gasteiger partial charge in [0.2, 0.25) is 0 Å².